The third-order valence-corrected chi connectivity index (χ3v) is 4.53. The second-order valence-electron chi connectivity index (χ2n) is 6.20. The molecule has 1 fully saturated rings. The van der Waals surface area contributed by atoms with E-state index < -0.39 is 0 Å². The number of ether oxygens (including phenoxy) is 1. The van der Waals surface area contributed by atoms with E-state index in [9.17, 15) is 0 Å². The zero-order valence-electron chi connectivity index (χ0n) is 15.5. The standard InChI is InChI=1S/C19H32N4O.HI/c1-3-23-13-8-7-11-18(23)15-22-19(20-2)21-12-14-24-16-17-9-5-4-6-10-17;/h4-6,9-10,18H,3,7-8,11-16H2,1-2H3,(H2,20,21,22);1H. The summed E-state index contributed by atoms with van der Waals surface area (Å²) in [6, 6.07) is 10.9. The number of aliphatic imine (C=N–C) groups is 1. The molecule has 2 rings (SSSR count). The third kappa shape index (κ3) is 8.37. The summed E-state index contributed by atoms with van der Waals surface area (Å²) in [6.07, 6.45) is 3.94. The highest BCUT2D eigenvalue weighted by atomic mass is 127. The minimum Gasteiger partial charge on any atom is -0.375 e. The van der Waals surface area contributed by atoms with Crippen LogP contribution in [0.4, 0.5) is 0 Å². The first-order chi connectivity index (χ1) is 11.8. The summed E-state index contributed by atoms with van der Waals surface area (Å²) in [5.41, 5.74) is 1.21. The smallest absolute Gasteiger partial charge is 0.191 e. The van der Waals surface area contributed by atoms with Crippen molar-refractivity contribution in [1.82, 2.24) is 15.5 Å². The van der Waals surface area contributed by atoms with E-state index in [1.807, 2.05) is 25.2 Å². The maximum Gasteiger partial charge on any atom is 0.191 e. The topological polar surface area (TPSA) is 48.9 Å². The van der Waals surface area contributed by atoms with Gasteiger partial charge in [0.2, 0.25) is 0 Å². The SMILES string of the molecule is CCN1CCCCC1CNC(=NC)NCCOCc1ccccc1.I. The molecule has 0 aliphatic carbocycles. The van der Waals surface area contributed by atoms with Crippen molar-refractivity contribution in [1.29, 1.82) is 0 Å². The van der Waals surface area contributed by atoms with Gasteiger partial charge in [0.25, 0.3) is 0 Å². The van der Waals surface area contributed by atoms with Gasteiger partial charge in [-0.2, -0.15) is 0 Å². The first-order valence-corrected chi connectivity index (χ1v) is 9.13. The summed E-state index contributed by atoms with van der Waals surface area (Å²) in [5, 5.41) is 6.78. The van der Waals surface area contributed by atoms with Gasteiger partial charge in [-0.25, -0.2) is 0 Å². The lowest BCUT2D eigenvalue weighted by Crippen LogP contribution is -2.49. The molecule has 5 nitrogen and oxygen atoms in total. The van der Waals surface area contributed by atoms with Crippen molar-refractivity contribution < 1.29 is 4.74 Å². The van der Waals surface area contributed by atoms with Crippen LogP contribution in [0, 0.1) is 0 Å². The Bertz CT molecular complexity index is 484. The number of nitrogens with zero attached hydrogens (tertiary/aromatic N) is 2. The lowest BCUT2D eigenvalue weighted by atomic mass is 10.0. The summed E-state index contributed by atoms with van der Waals surface area (Å²) >= 11 is 0. The molecule has 142 valence electrons. The molecule has 0 aromatic heterocycles. The molecule has 0 spiro atoms. The Hall–Kier alpha value is -0.860. The van der Waals surface area contributed by atoms with Crippen LogP contribution in [0.15, 0.2) is 35.3 Å². The zero-order valence-corrected chi connectivity index (χ0v) is 17.9. The molecule has 1 saturated heterocycles. The van der Waals surface area contributed by atoms with Crippen molar-refractivity contribution in [3.8, 4) is 0 Å². The highest BCUT2D eigenvalue weighted by Gasteiger charge is 2.20. The van der Waals surface area contributed by atoms with E-state index in [4.69, 9.17) is 4.74 Å². The summed E-state index contributed by atoms with van der Waals surface area (Å²) in [4.78, 5) is 6.86. The average molecular weight is 460 g/mol. The predicted octanol–water partition coefficient (Wildman–Crippen LogP) is 2.86. The van der Waals surface area contributed by atoms with Gasteiger partial charge in [-0.1, -0.05) is 43.7 Å². The van der Waals surface area contributed by atoms with Crippen LogP contribution in [0.2, 0.25) is 0 Å². The van der Waals surface area contributed by atoms with Gasteiger partial charge >= 0.3 is 0 Å². The summed E-state index contributed by atoms with van der Waals surface area (Å²) in [5.74, 6) is 0.861. The highest BCUT2D eigenvalue weighted by molar-refractivity contribution is 14.0. The van der Waals surface area contributed by atoms with Gasteiger partial charge in [-0.15, -0.1) is 24.0 Å². The van der Waals surface area contributed by atoms with Crippen molar-refractivity contribution in [2.75, 3.05) is 39.8 Å². The van der Waals surface area contributed by atoms with Gasteiger partial charge in [0.1, 0.15) is 0 Å². The number of hydrogen-bond acceptors (Lipinski definition) is 3. The number of nitrogens with one attached hydrogen (secondary N) is 2. The molecule has 0 saturated carbocycles. The van der Waals surface area contributed by atoms with Gasteiger partial charge in [0.05, 0.1) is 13.2 Å². The van der Waals surface area contributed by atoms with E-state index in [1.54, 1.807) is 0 Å². The zero-order chi connectivity index (χ0) is 17.0. The number of likely N-dealkylation sites (tertiary alicyclic amines) is 1. The highest BCUT2D eigenvalue weighted by Crippen LogP contribution is 2.15. The molecule has 1 aromatic rings. The van der Waals surface area contributed by atoms with Crippen LogP contribution in [-0.2, 0) is 11.3 Å². The van der Waals surface area contributed by atoms with Gasteiger partial charge in [-0.3, -0.25) is 9.89 Å². The molecular formula is C19H33IN4O. The molecule has 2 N–H and O–H groups in total. The Morgan fingerprint density at radius 1 is 1.24 bits per heavy atom. The van der Waals surface area contributed by atoms with Crippen LogP contribution in [0.25, 0.3) is 0 Å². The summed E-state index contributed by atoms with van der Waals surface area (Å²) in [7, 11) is 1.82. The third-order valence-electron chi connectivity index (χ3n) is 4.53. The normalized spacial score (nSPS) is 18.5. The van der Waals surface area contributed by atoms with E-state index >= 15 is 0 Å². The molecule has 1 unspecified atom stereocenters. The van der Waals surface area contributed by atoms with Crippen LogP contribution in [0.3, 0.4) is 0 Å². The number of halogens is 1. The fourth-order valence-corrected chi connectivity index (χ4v) is 3.15. The molecule has 1 atom stereocenters. The van der Waals surface area contributed by atoms with E-state index in [-0.39, 0.29) is 24.0 Å². The van der Waals surface area contributed by atoms with Gasteiger partial charge in [0, 0.05) is 26.2 Å². The fourth-order valence-electron chi connectivity index (χ4n) is 3.15. The van der Waals surface area contributed by atoms with E-state index in [1.165, 1.54) is 31.4 Å². The fraction of sp³-hybridized carbons (Fsp3) is 0.632. The number of likely N-dealkylation sites (N-methyl/N-ethyl adjacent to an activating group) is 1. The summed E-state index contributed by atoms with van der Waals surface area (Å²) < 4.78 is 5.69. The number of guanidine groups is 1. The Morgan fingerprint density at radius 3 is 2.76 bits per heavy atom. The number of rotatable bonds is 8. The van der Waals surface area contributed by atoms with Crippen molar-refractivity contribution in [2.24, 2.45) is 4.99 Å². The van der Waals surface area contributed by atoms with Crippen LogP contribution in [0.1, 0.15) is 31.7 Å². The van der Waals surface area contributed by atoms with Crippen molar-refractivity contribution in [2.45, 2.75) is 38.8 Å². The Morgan fingerprint density at radius 2 is 2.04 bits per heavy atom. The Balaban J connectivity index is 0.00000312. The van der Waals surface area contributed by atoms with E-state index in [2.05, 4.69) is 39.6 Å². The van der Waals surface area contributed by atoms with Crippen LogP contribution >= 0.6 is 24.0 Å². The number of benzene rings is 1. The lowest BCUT2D eigenvalue weighted by Gasteiger charge is -2.35. The van der Waals surface area contributed by atoms with Crippen molar-refractivity contribution in [3.05, 3.63) is 35.9 Å². The van der Waals surface area contributed by atoms with Crippen molar-refractivity contribution in [3.63, 3.8) is 0 Å². The van der Waals surface area contributed by atoms with E-state index in [0.717, 1.165) is 25.6 Å². The maximum atomic E-state index is 5.69. The Labute approximate surface area is 169 Å². The molecular weight excluding hydrogens is 427 g/mol. The van der Waals surface area contributed by atoms with Gasteiger partial charge < -0.3 is 15.4 Å². The Kier molecular flexibility index (Phi) is 11.9. The van der Waals surface area contributed by atoms with Crippen LogP contribution < -0.4 is 10.6 Å². The monoisotopic (exact) mass is 460 g/mol. The minimum atomic E-state index is 0. The quantitative estimate of drug-likeness (QED) is 0.271. The molecule has 1 aromatic carbocycles. The maximum absolute atomic E-state index is 5.69. The molecule has 6 heteroatoms. The number of piperidine rings is 1. The van der Waals surface area contributed by atoms with Crippen LogP contribution in [-0.4, -0.2) is 56.7 Å². The van der Waals surface area contributed by atoms with Gasteiger partial charge in [0.15, 0.2) is 5.96 Å². The predicted molar refractivity (Wildman–Crippen MR) is 116 cm³/mol. The molecule has 0 amide bonds. The van der Waals surface area contributed by atoms with E-state index in [0.29, 0.717) is 19.3 Å². The summed E-state index contributed by atoms with van der Waals surface area (Å²) in [6.45, 7) is 7.64. The molecule has 1 aliphatic heterocycles. The average Bonchev–Trinajstić information content (AvgIpc) is 2.65. The lowest BCUT2D eigenvalue weighted by molar-refractivity contribution is 0.125. The first-order valence-electron chi connectivity index (χ1n) is 9.13. The molecule has 0 radical (unpaired) electrons. The second-order valence-corrected chi connectivity index (χ2v) is 6.20. The molecule has 25 heavy (non-hydrogen) atoms. The molecule has 0 bridgehead atoms. The second kappa shape index (κ2) is 13.4. The molecule has 1 aliphatic rings. The largest absolute Gasteiger partial charge is 0.375 e. The van der Waals surface area contributed by atoms with Gasteiger partial charge in [-0.05, 0) is 31.5 Å². The molecule has 1 heterocycles. The minimum absolute atomic E-state index is 0. The van der Waals surface area contributed by atoms with Crippen molar-refractivity contribution >= 4 is 29.9 Å². The first kappa shape index (κ1) is 22.2. The van der Waals surface area contributed by atoms with Crippen LogP contribution in [0.5, 0.6) is 0 Å². The number of hydrogen-bond donors (Lipinski definition) is 2.